The van der Waals surface area contributed by atoms with Crippen molar-refractivity contribution >= 4 is 27.4 Å². The second kappa shape index (κ2) is 5.68. The van der Waals surface area contributed by atoms with Gasteiger partial charge >= 0.3 is 5.97 Å². The van der Waals surface area contributed by atoms with E-state index in [0.29, 0.717) is 5.56 Å². The Morgan fingerprint density at radius 3 is 2.31 bits per heavy atom. The second-order valence-corrected chi connectivity index (χ2v) is 9.78. The summed E-state index contributed by atoms with van der Waals surface area (Å²) < 4.78 is 1.13. The average Bonchev–Trinajstić information content (AvgIpc) is 3.02. The molecule has 1 aliphatic rings. The molecule has 2 aromatic carbocycles. The van der Waals surface area contributed by atoms with Crippen molar-refractivity contribution < 1.29 is 9.90 Å². The Kier molecular flexibility index (Phi) is 3.78. The van der Waals surface area contributed by atoms with E-state index in [1.807, 2.05) is 6.07 Å². The number of rotatable bonds is 2. The smallest absolute Gasteiger partial charge is 0.335 e. The van der Waals surface area contributed by atoms with Crippen LogP contribution in [0.15, 0.2) is 42.5 Å². The van der Waals surface area contributed by atoms with E-state index >= 15 is 0 Å². The number of thiophene rings is 1. The van der Waals surface area contributed by atoms with Crippen LogP contribution in [0.5, 0.6) is 0 Å². The van der Waals surface area contributed by atoms with Gasteiger partial charge in [0.2, 0.25) is 0 Å². The Morgan fingerprint density at radius 2 is 1.62 bits per heavy atom. The quantitative estimate of drug-likeness (QED) is 0.555. The summed E-state index contributed by atoms with van der Waals surface area (Å²) in [5, 5.41) is 10.2. The molecule has 26 heavy (non-hydrogen) atoms. The van der Waals surface area contributed by atoms with E-state index in [9.17, 15) is 9.90 Å². The van der Waals surface area contributed by atoms with Crippen molar-refractivity contribution in [2.45, 2.75) is 51.4 Å². The largest absolute Gasteiger partial charge is 0.478 e. The number of benzene rings is 2. The highest BCUT2D eigenvalue weighted by atomic mass is 32.1. The number of hydrogen-bond donors (Lipinski definition) is 1. The minimum absolute atomic E-state index is 0.189. The minimum Gasteiger partial charge on any atom is -0.478 e. The Balaban J connectivity index is 1.84. The summed E-state index contributed by atoms with van der Waals surface area (Å²) in [6.45, 7) is 9.37. The number of hydrogen-bond acceptors (Lipinski definition) is 2. The van der Waals surface area contributed by atoms with Crippen LogP contribution in [-0.2, 0) is 10.8 Å². The highest BCUT2D eigenvalue weighted by Crippen LogP contribution is 2.47. The van der Waals surface area contributed by atoms with Crippen LogP contribution in [0.3, 0.4) is 0 Å². The fourth-order valence-electron chi connectivity index (χ4n) is 4.06. The van der Waals surface area contributed by atoms with Crippen LogP contribution in [0.2, 0.25) is 0 Å². The van der Waals surface area contributed by atoms with E-state index in [4.69, 9.17) is 0 Å². The van der Waals surface area contributed by atoms with Gasteiger partial charge in [-0.3, -0.25) is 0 Å². The van der Waals surface area contributed by atoms with Crippen LogP contribution in [0, 0.1) is 0 Å². The maximum absolute atomic E-state index is 11.2. The van der Waals surface area contributed by atoms with Gasteiger partial charge < -0.3 is 5.11 Å². The SMILES string of the molecule is CC1(C)CCC(C)(C)c2cc(-c3cc4cc(C(=O)O)ccc4s3)ccc21. The molecule has 0 amide bonds. The van der Waals surface area contributed by atoms with Gasteiger partial charge in [-0.1, -0.05) is 39.8 Å². The summed E-state index contributed by atoms with van der Waals surface area (Å²) in [5.74, 6) is -0.877. The molecule has 0 radical (unpaired) electrons. The summed E-state index contributed by atoms with van der Waals surface area (Å²) in [6, 6.07) is 14.4. The van der Waals surface area contributed by atoms with Crippen LogP contribution in [0.1, 0.15) is 62.0 Å². The van der Waals surface area contributed by atoms with E-state index in [2.05, 4.69) is 52.0 Å². The Labute approximate surface area is 158 Å². The van der Waals surface area contributed by atoms with Gasteiger partial charge in [0.1, 0.15) is 0 Å². The fourth-order valence-corrected chi connectivity index (χ4v) is 5.10. The predicted molar refractivity (Wildman–Crippen MR) is 110 cm³/mol. The molecule has 0 fully saturated rings. The van der Waals surface area contributed by atoms with Crippen LogP contribution in [0.25, 0.3) is 20.5 Å². The van der Waals surface area contributed by atoms with Crippen molar-refractivity contribution in [1.29, 1.82) is 0 Å². The van der Waals surface area contributed by atoms with Crippen molar-refractivity contribution in [2.75, 3.05) is 0 Å². The number of carbonyl (C=O) groups is 1. The summed E-state index contributed by atoms with van der Waals surface area (Å²) >= 11 is 1.73. The first kappa shape index (κ1) is 17.3. The maximum Gasteiger partial charge on any atom is 0.335 e. The average molecular weight is 365 g/mol. The molecule has 0 saturated heterocycles. The monoisotopic (exact) mass is 364 g/mol. The molecule has 0 aliphatic heterocycles. The van der Waals surface area contributed by atoms with Crippen molar-refractivity contribution in [3.63, 3.8) is 0 Å². The first-order chi connectivity index (χ1) is 12.2. The molecular weight excluding hydrogens is 340 g/mol. The topological polar surface area (TPSA) is 37.3 Å². The standard InChI is InChI=1S/C23H24O2S/c1-22(2)9-10-23(3,4)18-12-14(5-7-17(18)22)20-13-16-11-15(21(24)25)6-8-19(16)26-20/h5-8,11-13H,9-10H2,1-4H3,(H,24,25). The van der Waals surface area contributed by atoms with Gasteiger partial charge in [-0.15, -0.1) is 11.3 Å². The summed E-state index contributed by atoms with van der Waals surface area (Å²) in [6.07, 6.45) is 2.41. The van der Waals surface area contributed by atoms with E-state index in [1.54, 1.807) is 23.5 Å². The highest BCUT2D eigenvalue weighted by Gasteiger charge is 2.37. The zero-order valence-electron chi connectivity index (χ0n) is 15.7. The second-order valence-electron chi connectivity index (χ2n) is 8.70. The highest BCUT2D eigenvalue weighted by molar-refractivity contribution is 7.22. The maximum atomic E-state index is 11.2. The lowest BCUT2D eigenvalue weighted by atomic mass is 9.63. The molecule has 0 saturated carbocycles. The molecule has 0 spiro atoms. The van der Waals surface area contributed by atoms with Crippen molar-refractivity contribution in [1.82, 2.24) is 0 Å². The van der Waals surface area contributed by atoms with Crippen molar-refractivity contribution in [3.8, 4) is 10.4 Å². The third-order valence-corrected chi connectivity index (χ3v) is 7.07. The zero-order chi connectivity index (χ0) is 18.7. The molecular formula is C23H24O2S. The zero-order valence-corrected chi connectivity index (χ0v) is 16.5. The lowest BCUT2D eigenvalue weighted by Gasteiger charge is -2.42. The van der Waals surface area contributed by atoms with E-state index in [-0.39, 0.29) is 10.8 Å². The normalized spacial score (nSPS) is 17.8. The fraction of sp³-hybridized carbons (Fsp3) is 0.348. The van der Waals surface area contributed by atoms with Crippen LogP contribution in [0.4, 0.5) is 0 Å². The number of aromatic carboxylic acids is 1. The molecule has 3 heteroatoms. The summed E-state index contributed by atoms with van der Waals surface area (Å²) in [4.78, 5) is 12.4. The molecule has 3 aromatic rings. The third-order valence-electron chi connectivity index (χ3n) is 5.90. The Morgan fingerprint density at radius 1 is 0.923 bits per heavy atom. The Bertz CT molecular complexity index is 1020. The van der Waals surface area contributed by atoms with Crippen LogP contribution < -0.4 is 0 Å². The van der Waals surface area contributed by atoms with Gasteiger partial charge in [-0.2, -0.15) is 0 Å². The van der Waals surface area contributed by atoms with E-state index < -0.39 is 5.97 Å². The first-order valence-electron chi connectivity index (χ1n) is 9.10. The lowest BCUT2D eigenvalue weighted by molar-refractivity contribution is 0.0697. The summed E-state index contributed by atoms with van der Waals surface area (Å²) in [5.41, 5.74) is 4.90. The molecule has 0 unspecified atom stereocenters. The van der Waals surface area contributed by atoms with Crippen LogP contribution in [-0.4, -0.2) is 11.1 Å². The molecule has 4 rings (SSSR count). The van der Waals surface area contributed by atoms with Crippen LogP contribution >= 0.6 is 11.3 Å². The van der Waals surface area contributed by atoms with Gasteiger partial charge in [0, 0.05) is 9.58 Å². The van der Waals surface area contributed by atoms with Crippen molar-refractivity contribution in [2.24, 2.45) is 0 Å². The molecule has 1 heterocycles. The van der Waals surface area contributed by atoms with Gasteiger partial charge in [-0.05, 0) is 76.1 Å². The number of fused-ring (bicyclic) bond motifs is 2. The molecule has 0 atom stereocenters. The number of carboxylic acid groups (broad SMARTS) is 1. The van der Waals surface area contributed by atoms with Gasteiger partial charge in [0.15, 0.2) is 0 Å². The molecule has 1 aromatic heterocycles. The van der Waals surface area contributed by atoms with Crippen molar-refractivity contribution in [3.05, 3.63) is 59.2 Å². The molecule has 1 aliphatic carbocycles. The number of carboxylic acids is 1. The van der Waals surface area contributed by atoms with Gasteiger partial charge in [0.05, 0.1) is 5.56 Å². The van der Waals surface area contributed by atoms with E-state index in [1.165, 1.54) is 34.4 Å². The first-order valence-corrected chi connectivity index (χ1v) is 9.91. The third kappa shape index (κ3) is 2.75. The van der Waals surface area contributed by atoms with Gasteiger partial charge in [-0.25, -0.2) is 4.79 Å². The van der Waals surface area contributed by atoms with Gasteiger partial charge in [0.25, 0.3) is 0 Å². The molecule has 2 nitrogen and oxygen atoms in total. The molecule has 134 valence electrons. The molecule has 1 N–H and O–H groups in total. The lowest BCUT2D eigenvalue weighted by Crippen LogP contribution is -2.33. The predicted octanol–water partition coefficient (Wildman–Crippen LogP) is 6.62. The molecule has 0 bridgehead atoms. The summed E-state index contributed by atoms with van der Waals surface area (Å²) in [7, 11) is 0. The Hall–Kier alpha value is -2.13. The minimum atomic E-state index is -0.877. The van der Waals surface area contributed by atoms with E-state index in [0.717, 1.165) is 10.1 Å².